The molecular weight excluding hydrogens is 328 g/mol. The molecule has 1 heterocycles. The van der Waals surface area contributed by atoms with Crippen LogP contribution in [0.5, 0.6) is 0 Å². The minimum Gasteiger partial charge on any atom is -0.462 e. The molecule has 0 aliphatic heterocycles. The zero-order chi connectivity index (χ0) is 18.5. The first-order valence-electron chi connectivity index (χ1n) is 8.40. The van der Waals surface area contributed by atoms with Gasteiger partial charge in [-0.3, -0.25) is 0 Å². The summed E-state index contributed by atoms with van der Waals surface area (Å²) in [6.07, 6.45) is 0. The van der Waals surface area contributed by atoms with Crippen LogP contribution in [0.4, 0.5) is 11.4 Å². The predicted molar refractivity (Wildman–Crippen MR) is 99.6 cm³/mol. The monoisotopic (exact) mass is 348 g/mol. The molecule has 0 saturated carbocycles. The number of carbonyl (C=O) groups excluding carboxylic acids is 1. The molecule has 0 aliphatic rings. The Labute approximate surface area is 152 Å². The van der Waals surface area contributed by atoms with E-state index in [1.807, 2.05) is 48.9 Å². The molecule has 0 fully saturated rings. The van der Waals surface area contributed by atoms with Gasteiger partial charge in [-0.2, -0.15) is 10.2 Å². The smallest absolute Gasteiger partial charge is 0.338 e. The van der Waals surface area contributed by atoms with Crippen molar-refractivity contribution in [2.75, 3.05) is 6.61 Å². The largest absolute Gasteiger partial charge is 0.462 e. The number of azo groups is 1. The Morgan fingerprint density at radius 2 is 1.73 bits per heavy atom. The zero-order valence-electron chi connectivity index (χ0n) is 15.0. The summed E-state index contributed by atoms with van der Waals surface area (Å²) in [5.41, 5.74) is 4.59. The molecule has 0 aliphatic carbocycles. The molecule has 26 heavy (non-hydrogen) atoms. The van der Waals surface area contributed by atoms with E-state index in [2.05, 4.69) is 15.3 Å². The van der Waals surface area contributed by atoms with Crippen molar-refractivity contribution >= 4 is 17.3 Å². The van der Waals surface area contributed by atoms with E-state index in [-0.39, 0.29) is 5.97 Å². The van der Waals surface area contributed by atoms with Crippen LogP contribution in [-0.2, 0) is 4.74 Å². The van der Waals surface area contributed by atoms with Gasteiger partial charge in [0.1, 0.15) is 5.69 Å². The maximum Gasteiger partial charge on any atom is 0.338 e. The molecule has 6 heteroatoms. The van der Waals surface area contributed by atoms with Crippen molar-refractivity contribution in [2.45, 2.75) is 20.8 Å². The molecule has 0 N–H and O–H groups in total. The number of esters is 1. The lowest BCUT2D eigenvalue weighted by molar-refractivity contribution is 0.0526. The van der Waals surface area contributed by atoms with Crippen molar-refractivity contribution in [3.63, 3.8) is 0 Å². The van der Waals surface area contributed by atoms with Crippen LogP contribution in [0, 0.1) is 13.8 Å². The molecule has 6 nitrogen and oxygen atoms in total. The van der Waals surface area contributed by atoms with E-state index in [4.69, 9.17) is 4.74 Å². The molecule has 0 bridgehead atoms. The highest BCUT2D eigenvalue weighted by molar-refractivity contribution is 5.89. The molecule has 0 atom stereocenters. The van der Waals surface area contributed by atoms with Crippen molar-refractivity contribution in [3.8, 4) is 5.69 Å². The first kappa shape index (κ1) is 17.5. The Balaban J connectivity index is 1.83. The van der Waals surface area contributed by atoms with E-state index in [9.17, 15) is 4.79 Å². The summed E-state index contributed by atoms with van der Waals surface area (Å²) in [6.45, 7) is 6.00. The summed E-state index contributed by atoms with van der Waals surface area (Å²) in [6, 6.07) is 16.7. The molecule has 3 rings (SSSR count). The lowest BCUT2D eigenvalue weighted by Gasteiger charge is -2.03. The fourth-order valence-corrected chi connectivity index (χ4v) is 2.59. The quantitative estimate of drug-likeness (QED) is 0.477. The molecule has 0 saturated heterocycles. The van der Waals surface area contributed by atoms with Crippen molar-refractivity contribution in [1.29, 1.82) is 0 Å². The molecule has 1 aromatic heterocycles. The van der Waals surface area contributed by atoms with Gasteiger partial charge in [0, 0.05) is 0 Å². The number of hydrogen-bond acceptors (Lipinski definition) is 5. The number of aromatic nitrogens is 2. The van der Waals surface area contributed by atoms with Gasteiger partial charge in [-0.25, -0.2) is 9.48 Å². The first-order chi connectivity index (χ1) is 12.6. The van der Waals surface area contributed by atoms with Crippen LogP contribution >= 0.6 is 0 Å². The number of nitrogens with zero attached hydrogens (tertiary/aromatic N) is 4. The van der Waals surface area contributed by atoms with Crippen molar-refractivity contribution in [3.05, 3.63) is 71.5 Å². The minimum absolute atomic E-state index is 0.341. The van der Waals surface area contributed by atoms with Crippen LogP contribution in [0.3, 0.4) is 0 Å². The molecule has 0 amide bonds. The number of ether oxygens (including phenoxy) is 1. The average Bonchev–Trinajstić information content (AvgIpc) is 2.95. The maximum absolute atomic E-state index is 11.7. The van der Waals surface area contributed by atoms with E-state index in [1.165, 1.54) is 0 Å². The Bertz CT molecular complexity index is 928. The molecule has 0 unspecified atom stereocenters. The van der Waals surface area contributed by atoms with Crippen LogP contribution < -0.4 is 0 Å². The third kappa shape index (κ3) is 3.69. The van der Waals surface area contributed by atoms with E-state index in [1.54, 1.807) is 31.2 Å². The van der Waals surface area contributed by atoms with Gasteiger partial charge in [-0.1, -0.05) is 18.2 Å². The highest BCUT2D eigenvalue weighted by atomic mass is 16.5. The Hall–Kier alpha value is -3.28. The summed E-state index contributed by atoms with van der Waals surface area (Å²) in [5.74, 6) is -0.341. The topological polar surface area (TPSA) is 68.8 Å². The standard InChI is InChI=1S/C20H20N4O2/c1-4-26-20(25)16-10-12-17(13-11-16)21-22-19-14(2)23-24(15(19)3)18-8-6-5-7-9-18/h5-13H,4H2,1-3H3. The van der Waals surface area contributed by atoms with Gasteiger partial charge in [0.15, 0.2) is 0 Å². The number of benzene rings is 2. The van der Waals surface area contributed by atoms with Gasteiger partial charge < -0.3 is 4.74 Å². The molecular formula is C20H20N4O2. The van der Waals surface area contributed by atoms with Crippen LogP contribution in [0.1, 0.15) is 28.7 Å². The summed E-state index contributed by atoms with van der Waals surface area (Å²) < 4.78 is 6.82. The van der Waals surface area contributed by atoms with Crippen molar-refractivity contribution in [1.82, 2.24) is 9.78 Å². The third-order valence-corrected chi connectivity index (χ3v) is 3.90. The van der Waals surface area contributed by atoms with E-state index < -0.39 is 0 Å². The Kier molecular flexibility index (Phi) is 5.22. The second kappa shape index (κ2) is 7.74. The normalized spacial score (nSPS) is 11.0. The first-order valence-corrected chi connectivity index (χ1v) is 8.40. The van der Waals surface area contributed by atoms with Crippen LogP contribution in [0.25, 0.3) is 5.69 Å². The fraction of sp³-hybridized carbons (Fsp3) is 0.200. The van der Waals surface area contributed by atoms with Gasteiger partial charge in [0.05, 0.1) is 34.9 Å². The van der Waals surface area contributed by atoms with Crippen molar-refractivity contribution < 1.29 is 9.53 Å². The SMILES string of the molecule is CCOC(=O)c1ccc(N=Nc2c(C)nn(-c3ccccc3)c2C)cc1. The second-order valence-electron chi connectivity index (χ2n) is 5.73. The van der Waals surface area contributed by atoms with Gasteiger partial charge in [0.25, 0.3) is 0 Å². The van der Waals surface area contributed by atoms with Gasteiger partial charge >= 0.3 is 5.97 Å². The second-order valence-corrected chi connectivity index (χ2v) is 5.73. The highest BCUT2D eigenvalue weighted by Crippen LogP contribution is 2.27. The average molecular weight is 348 g/mol. The molecule has 0 spiro atoms. The van der Waals surface area contributed by atoms with Gasteiger partial charge in [0.2, 0.25) is 0 Å². The summed E-state index contributed by atoms with van der Waals surface area (Å²) >= 11 is 0. The fourth-order valence-electron chi connectivity index (χ4n) is 2.59. The zero-order valence-corrected chi connectivity index (χ0v) is 15.0. The molecule has 132 valence electrons. The highest BCUT2D eigenvalue weighted by Gasteiger charge is 2.12. The minimum atomic E-state index is -0.341. The molecule has 3 aromatic rings. The Morgan fingerprint density at radius 3 is 2.38 bits per heavy atom. The number of carbonyl (C=O) groups is 1. The number of aryl methyl sites for hydroxylation is 1. The summed E-state index contributed by atoms with van der Waals surface area (Å²) in [4.78, 5) is 11.7. The summed E-state index contributed by atoms with van der Waals surface area (Å²) in [5, 5.41) is 13.2. The number of hydrogen-bond donors (Lipinski definition) is 0. The third-order valence-electron chi connectivity index (χ3n) is 3.90. The van der Waals surface area contributed by atoms with Crippen LogP contribution in [0.15, 0.2) is 64.8 Å². The maximum atomic E-state index is 11.7. The van der Waals surface area contributed by atoms with Crippen LogP contribution in [-0.4, -0.2) is 22.4 Å². The van der Waals surface area contributed by atoms with Gasteiger partial charge in [-0.05, 0) is 57.2 Å². The number of rotatable bonds is 5. The summed E-state index contributed by atoms with van der Waals surface area (Å²) in [7, 11) is 0. The predicted octanol–water partition coefficient (Wildman–Crippen LogP) is 5.08. The van der Waals surface area contributed by atoms with Gasteiger partial charge in [-0.15, -0.1) is 5.11 Å². The molecule has 2 aromatic carbocycles. The number of para-hydroxylation sites is 1. The van der Waals surface area contributed by atoms with E-state index >= 15 is 0 Å². The lowest BCUT2D eigenvalue weighted by atomic mass is 10.2. The molecule has 0 radical (unpaired) electrons. The van der Waals surface area contributed by atoms with Crippen molar-refractivity contribution in [2.24, 2.45) is 10.2 Å². The Morgan fingerprint density at radius 1 is 1.04 bits per heavy atom. The van der Waals surface area contributed by atoms with E-state index in [0.29, 0.717) is 17.9 Å². The van der Waals surface area contributed by atoms with E-state index in [0.717, 1.165) is 22.8 Å². The van der Waals surface area contributed by atoms with Crippen LogP contribution in [0.2, 0.25) is 0 Å². The lowest BCUT2D eigenvalue weighted by Crippen LogP contribution is -2.03.